The molecule has 1 amide bonds. The second kappa shape index (κ2) is 5.41. The van der Waals surface area contributed by atoms with Gasteiger partial charge in [-0.05, 0) is 0 Å². The van der Waals surface area contributed by atoms with Gasteiger partial charge in [-0.1, -0.05) is 5.56 Å². The summed E-state index contributed by atoms with van der Waals surface area (Å²) < 4.78 is 0. The van der Waals surface area contributed by atoms with Gasteiger partial charge in [0.15, 0.2) is 0 Å². The Bertz CT molecular complexity index is 225. The minimum Gasteiger partial charge on any atom is -0.292 e. The average Bonchev–Trinajstić information content (AvgIpc) is 2.05. The van der Waals surface area contributed by atoms with Crippen LogP contribution in [0.5, 0.6) is 0 Å². The number of benzene rings is 1. The van der Waals surface area contributed by atoms with Crippen LogP contribution in [-0.2, 0) is 32.7 Å². The Morgan fingerprint density at radius 2 is 2.00 bits per heavy atom. The van der Waals surface area contributed by atoms with E-state index in [1.165, 1.54) is 0 Å². The molecule has 4 heteroatoms. The molecule has 0 heterocycles. The van der Waals surface area contributed by atoms with Gasteiger partial charge in [-0.25, -0.2) is 5.84 Å². The molecule has 0 aromatic heterocycles. The van der Waals surface area contributed by atoms with E-state index in [2.05, 4.69) is 6.07 Å². The molecule has 0 saturated heterocycles. The zero-order valence-corrected chi connectivity index (χ0v) is 8.71. The van der Waals surface area contributed by atoms with Crippen molar-refractivity contribution in [1.29, 1.82) is 0 Å². The van der Waals surface area contributed by atoms with E-state index in [0.717, 1.165) is 0 Å². The van der Waals surface area contributed by atoms with Crippen LogP contribution < -0.4 is 11.3 Å². The van der Waals surface area contributed by atoms with Crippen molar-refractivity contribution in [2.45, 2.75) is 0 Å². The molecule has 0 spiro atoms. The van der Waals surface area contributed by atoms with Gasteiger partial charge >= 0.3 is 0 Å². The van der Waals surface area contributed by atoms with Gasteiger partial charge in [0.2, 0.25) is 5.91 Å². The van der Waals surface area contributed by atoms with E-state index in [-0.39, 0.29) is 38.6 Å². The second-order valence-electron chi connectivity index (χ2n) is 1.76. The van der Waals surface area contributed by atoms with Crippen molar-refractivity contribution in [2.24, 2.45) is 5.84 Å². The van der Waals surface area contributed by atoms with Crippen molar-refractivity contribution in [1.82, 2.24) is 5.43 Å². The van der Waals surface area contributed by atoms with Gasteiger partial charge in [0.1, 0.15) is 0 Å². The summed E-state index contributed by atoms with van der Waals surface area (Å²) in [5.74, 6) is 4.61. The monoisotopic (exact) mass is 224 g/mol. The molecule has 0 saturated carbocycles. The van der Waals surface area contributed by atoms with Crippen LogP contribution >= 0.6 is 0 Å². The molecule has 0 bridgehead atoms. The van der Waals surface area contributed by atoms with Crippen LogP contribution in [0, 0.1) is 6.07 Å². The molecule has 3 nitrogen and oxygen atoms in total. The maximum atomic E-state index is 10.8. The minimum atomic E-state index is -0.283. The zero-order chi connectivity index (χ0) is 7.40. The number of hydrogen-bond donors (Lipinski definition) is 2. The van der Waals surface area contributed by atoms with Crippen LogP contribution in [0.15, 0.2) is 24.3 Å². The fourth-order valence-corrected chi connectivity index (χ4v) is 0.622. The summed E-state index contributed by atoms with van der Waals surface area (Å²) in [7, 11) is 0. The zero-order valence-electron chi connectivity index (χ0n) is 5.87. The summed E-state index contributed by atoms with van der Waals surface area (Å²) >= 11 is 0. The van der Waals surface area contributed by atoms with Gasteiger partial charge in [0.05, 0.1) is 0 Å². The number of nitrogens with two attached hydrogens (primary N) is 1. The first-order valence-electron chi connectivity index (χ1n) is 2.81. The van der Waals surface area contributed by atoms with Crippen molar-refractivity contribution in [3.63, 3.8) is 0 Å². The number of amides is 1. The topological polar surface area (TPSA) is 55.1 Å². The molecule has 11 heavy (non-hydrogen) atoms. The molecule has 1 aromatic rings. The van der Waals surface area contributed by atoms with Gasteiger partial charge in [0.25, 0.3) is 0 Å². The fraction of sp³-hybridized carbons (Fsp3) is 0. The molecule has 0 atom stereocenters. The molecule has 0 aliphatic rings. The van der Waals surface area contributed by atoms with E-state index in [0.29, 0.717) is 5.56 Å². The average molecular weight is 224 g/mol. The molecule has 0 unspecified atom stereocenters. The first kappa shape index (κ1) is 10.8. The van der Waals surface area contributed by atoms with Crippen LogP contribution in [0.4, 0.5) is 0 Å². The summed E-state index contributed by atoms with van der Waals surface area (Å²) in [6.07, 6.45) is 0. The number of carbonyl (C=O) groups excluding carboxylic acids is 1. The summed E-state index contributed by atoms with van der Waals surface area (Å²) in [6, 6.07) is 9.39. The van der Waals surface area contributed by atoms with Gasteiger partial charge in [-0.15, -0.1) is 0 Å². The van der Waals surface area contributed by atoms with E-state index in [1.807, 2.05) is 5.43 Å². The van der Waals surface area contributed by atoms with Crippen molar-refractivity contribution >= 4 is 5.91 Å². The Balaban J connectivity index is 0.000001000. The molecular formula is C7H7N2OY-. The minimum absolute atomic E-state index is 0. The standard InChI is InChI=1S/C7H7N2O.Y/c8-9-7(10)6-4-2-1-3-5-6;/h2-5H,8H2,(H,9,10);/q-1;. The van der Waals surface area contributed by atoms with Crippen molar-refractivity contribution < 1.29 is 37.5 Å². The third kappa shape index (κ3) is 3.10. The largest absolute Gasteiger partial charge is 0.292 e. The number of nitrogen functional groups attached to an aromatic ring is 1. The second-order valence-corrected chi connectivity index (χ2v) is 1.76. The molecule has 0 fully saturated rings. The number of carbonyl (C=O) groups is 1. The van der Waals surface area contributed by atoms with Crippen molar-refractivity contribution in [3.05, 3.63) is 35.9 Å². The van der Waals surface area contributed by atoms with Gasteiger partial charge in [-0.2, -0.15) is 30.3 Å². The Morgan fingerprint density at radius 3 is 2.45 bits per heavy atom. The molecule has 3 N–H and O–H groups in total. The van der Waals surface area contributed by atoms with Gasteiger partial charge in [-0.3, -0.25) is 10.2 Å². The van der Waals surface area contributed by atoms with Crippen LogP contribution in [-0.4, -0.2) is 5.91 Å². The fourth-order valence-electron chi connectivity index (χ4n) is 0.622. The Hall–Kier alpha value is -0.246. The van der Waals surface area contributed by atoms with E-state index in [1.54, 1.807) is 24.3 Å². The number of rotatable bonds is 1. The maximum Gasteiger partial charge on any atom is 0.240 e. The molecule has 0 aliphatic carbocycles. The van der Waals surface area contributed by atoms with Gasteiger partial charge in [0, 0.05) is 32.7 Å². The summed E-state index contributed by atoms with van der Waals surface area (Å²) in [5.41, 5.74) is 2.57. The predicted molar refractivity (Wildman–Crippen MR) is 36.9 cm³/mol. The Kier molecular flexibility index (Phi) is 5.29. The SMILES string of the molecule is NNC(=O)c1cc[c-]cc1.[Y]. The molecule has 55 valence electrons. The van der Waals surface area contributed by atoms with Crippen LogP contribution in [0.25, 0.3) is 0 Å². The van der Waals surface area contributed by atoms with E-state index in [9.17, 15) is 4.79 Å². The van der Waals surface area contributed by atoms with Crippen molar-refractivity contribution in [3.8, 4) is 0 Å². The Morgan fingerprint density at radius 1 is 1.45 bits per heavy atom. The predicted octanol–water partition coefficient (Wildman–Crippen LogP) is 0.0878. The number of hydrogen-bond acceptors (Lipinski definition) is 2. The normalized spacial score (nSPS) is 8.09. The smallest absolute Gasteiger partial charge is 0.240 e. The van der Waals surface area contributed by atoms with Crippen LogP contribution in [0.2, 0.25) is 0 Å². The molecule has 0 aliphatic heterocycles. The Labute approximate surface area is 90.2 Å². The quantitative estimate of drug-likeness (QED) is 0.307. The van der Waals surface area contributed by atoms with Crippen LogP contribution in [0.1, 0.15) is 10.4 Å². The summed E-state index contributed by atoms with van der Waals surface area (Å²) in [5, 5.41) is 0. The molecule has 1 aromatic carbocycles. The first-order valence-corrected chi connectivity index (χ1v) is 2.81. The number of hydrazine groups is 1. The first-order chi connectivity index (χ1) is 4.84. The van der Waals surface area contributed by atoms with E-state index >= 15 is 0 Å². The molecule has 1 radical (unpaired) electrons. The van der Waals surface area contributed by atoms with Gasteiger partial charge < -0.3 is 0 Å². The third-order valence-corrected chi connectivity index (χ3v) is 1.11. The molecule has 1 rings (SSSR count). The molecular weight excluding hydrogens is 217 g/mol. The summed E-state index contributed by atoms with van der Waals surface area (Å²) in [6.45, 7) is 0. The maximum absolute atomic E-state index is 10.8. The third-order valence-electron chi connectivity index (χ3n) is 1.11. The number of nitrogens with one attached hydrogen (secondary N) is 1. The van der Waals surface area contributed by atoms with E-state index in [4.69, 9.17) is 5.84 Å². The summed E-state index contributed by atoms with van der Waals surface area (Å²) in [4.78, 5) is 10.8. The van der Waals surface area contributed by atoms with Crippen molar-refractivity contribution in [2.75, 3.05) is 0 Å². The van der Waals surface area contributed by atoms with Crippen LogP contribution in [0.3, 0.4) is 0 Å². The van der Waals surface area contributed by atoms with E-state index < -0.39 is 0 Å².